The van der Waals surface area contributed by atoms with Crippen molar-refractivity contribution < 1.29 is 0 Å². The van der Waals surface area contributed by atoms with Crippen molar-refractivity contribution in [2.75, 3.05) is 18.0 Å². The molecule has 116 valence electrons. The van der Waals surface area contributed by atoms with Gasteiger partial charge < -0.3 is 10.2 Å². The number of anilines is 1. The Bertz CT molecular complexity index is 494. The first-order chi connectivity index (χ1) is 10.1. The van der Waals surface area contributed by atoms with Gasteiger partial charge in [0.05, 0.1) is 0 Å². The van der Waals surface area contributed by atoms with Crippen LogP contribution in [0.2, 0.25) is 0 Å². The maximum atomic E-state index is 3.88. The van der Waals surface area contributed by atoms with Crippen molar-refractivity contribution in [2.24, 2.45) is 0 Å². The van der Waals surface area contributed by atoms with Gasteiger partial charge in [-0.15, -0.1) is 0 Å². The van der Waals surface area contributed by atoms with Gasteiger partial charge in [0.25, 0.3) is 0 Å². The van der Waals surface area contributed by atoms with Crippen molar-refractivity contribution in [1.82, 2.24) is 5.32 Å². The number of nitrogens with one attached hydrogen (secondary N) is 1. The summed E-state index contributed by atoms with van der Waals surface area (Å²) in [6.07, 6.45) is 7.96. The summed E-state index contributed by atoms with van der Waals surface area (Å²) in [5.41, 5.74) is 3.27. The Morgan fingerprint density at radius 1 is 1.29 bits per heavy atom. The molecular weight excluding hydrogens is 324 g/mol. The SMILES string of the molecule is CCc1cc(Br)ccc1N1CC2(CCCCC2)NCC1C. The standard InChI is InChI=1S/C18H27BrN2/c1-3-15-11-16(19)7-8-17(15)21-13-18(20-12-14(21)2)9-5-4-6-10-18/h7-8,11,14,20H,3-6,9-10,12-13H2,1-2H3. The summed E-state index contributed by atoms with van der Waals surface area (Å²) in [7, 11) is 0. The molecule has 0 radical (unpaired) electrons. The van der Waals surface area contributed by atoms with Crippen molar-refractivity contribution in [2.45, 2.75) is 64.0 Å². The van der Waals surface area contributed by atoms with E-state index in [1.807, 2.05) is 0 Å². The molecule has 1 saturated carbocycles. The molecule has 1 spiro atoms. The molecule has 0 amide bonds. The van der Waals surface area contributed by atoms with E-state index in [1.54, 1.807) is 0 Å². The van der Waals surface area contributed by atoms with Crippen LogP contribution in [-0.2, 0) is 6.42 Å². The summed E-state index contributed by atoms with van der Waals surface area (Å²) in [5.74, 6) is 0. The smallest absolute Gasteiger partial charge is 0.0402 e. The van der Waals surface area contributed by atoms with Gasteiger partial charge in [-0.2, -0.15) is 0 Å². The third-order valence-electron chi connectivity index (χ3n) is 5.32. The Labute approximate surface area is 137 Å². The molecule has 21 heavy (non-hydrogen) atoms. The van der Waals surface area contributed by atoms with Crippen molar-refractivity contribution in [3.05, 3.63) is 28.2 Å². The lowest BCUT2D eigenvalue weighted by Gasteiger charge is -2.50. The van der Waals surface area contributed by atoms with E-state index in [2.05, 4.69) is 58.2 Å². The van der Waals surface area contributed by atoms with Gasteiger partial charge in [-0.1, -0.05) is 42.1 Å². The van der Waals surface area contributed by atoms with E-state index in [-0.39, 0.29) is 0 Å². The van der Waals surface area contributed by atoms with E-state index < -0.39 is 0 Å². The fraction of sp³-hybridized carbons (Fsp3) is 0.667. The number of hydrogen-bond acceptors (Lipinski definition) is 2. The lowest BCUT2D eigenvalue weighted by Crippen LogP contribution is -2.64. The first-order valence-corrected chi connectivity index (χ1v) is 9.23. The molecule has 3 rings (SSSR count). The number of piperazine rings is 1. The molecule has 1 aromatic rings. The molecule has 3 heteroatoms. The number of hydrogen-bond donors (Lipinski definition) is 1. The molecule has 2 fully saturated rings. The molecule has 1 saturated heterocycles. The molecule has 2 nitrogen and oxygen atoms in total. The van der Waals surface area contributed by atoms with Crippen LogP contribution >= 0.6 is 15.9 Å². The lowest BCUT2D eigenvalue weighted by atomic mass is 9.79. The summed E-state index contributed by atoms with van der Waals surface area (Å²) in [4.78, 5) is 2.66. The molecule has 1 unspecified atom stereocenters. The molecule has 1 aliphatic carbocycles. The number of halogens is 1. The van der Waals surface area contributed by atoms with Crippen LogP contribution < -0.4 is 10.2 Å². The largest absolute Gasteiger partial charge is 0.365 e. The van der Waals surface area contributed by atoms with Crippen molar-refractivity contribution in [3.8, 4) is 0 Å². The fourth-order valence-corrected chi connectivity index (χ4v) is 4.42. The van der Waals surface area contributed by atoms with E-state index in [1.165, 1.54) is 54.4 Å². The van der Waals surface area contributed by atoms with Gasteiger partial charge >= 0.3 is 0 Å². The lowest BCUT2D eigenvalue weighted by molar-refractivity contribution is 0.200. The summed E-state index contributed by atoms with van der Waals surface area (Å²) < 4.78 is 1.19. The number of rotatable bonds is 2. The van der Waals surface area contributed by atoms with Crippen LogP contribution in [0.5, 0.6) is 0 Å². The minimum atomic E-state index is 0.364. The topological polar surface area (TPSA) is 15.3 Å². The quantitative estimate of drug-likeness (QED) is 0.843. The normalized spacial score (nSPS) is 25.3. The van der Waals surface area contributed by atoms with Crippen LogP contribution in [0, 0.1) is 0 Å². The van der Waals surface area contributed by atoms with Crippen LogP contribution in [0.25, 0.3) is 0 Å². The predicted molar refractivity (Wildman–Crippen MR) is 94.1 cm³/mol. The molecule has 1 heterocycles. The Kier molecular flexibility index (Phi) is 4.60. The maximum absolute atomic E-state index is 3.88. The zero-order valence-corrected chi connectivity index (χ0v) is 14.9. The molecule has 2 aliphatic rings. The Hall–Kier alpha value is -0.540. The van der Waals surface area contributed by atoms with E-state index in [4.69, 9.17) is 0 Å². The molecule has 1 N–H and O–H groups in total. The van der Waals surface area contributed by atoms with Crippen molar-refractivity contribution in [1.29, 1.82) is 0 Å². The van der Waals surface area contributed by atoms with E-state index in [0.717, 1.165) is 13.0 Å². The highest BCUT2D eigenvalue weighted by atomic mass is 79.9. The Balaban J connectivity index is 1.88. The minimum Gasteiger partial charge on any atom is -0.365 e. The van der Waals surface area contributed by atoms with Gasteiger partial charge in [0.15, 0.2) is 0 Å². The molecule has 0 bridgehead atoms. The minimum absolute atomic E-state index is 0.364. The van der Waals surface area contributed by atoms with Crippen LogP contribution in [0.1, 0.15) is 51.5 Å². The average molecular weight is 351 g/mol. The predicted octanol–water partition coefficient (Wildman–Crippen LogP) is 4.51. The van der Waals surface area contributed by atoms with E-state index in [9.17, 15) is 0 Å². The third kappa shape index (κ3) is 3.14. The molecule has 1 aromatic carbocycles. The number of benzene rings is 1. The van der Waals surface area contributed by atoms with Crippen LogP contribution in [0.4, 0.5) is 5.69 Å². The third-order valence-corrected chi connectivity index (χ3v) is 5.81. The van der Waals surface area contributed by atoms with Gasteiger partial charge in [-0.25, -0.2) is 0 Å². The summed E-state index contributed by atoms with van der Waals surface area (Å²) in [6, 6.07) is 7.36. The maximum Gasteiger partial charge on any atom is 0.0402 e. The zero-order valence-electron chi connectivity index (χ0n) is 13.3. The van der Waals surface area contributed by atoms with E-state index in [0.29, 0.717) is 11.6 Å². The van der Waals surface area contributed by atoms with Gasteiger partial charge in [-0.05, 0) is 49.9 Å². The van der Waals surface area contributed by atoms with Crippen molar-refractivity contribution in [3.63, 3.8) is 0 Å². The highest BCUT2D eigenvalue weighted by Crippen LogP contribution is 2.35. The first-order valence-electron chi connectivity index (χ1n) is 8.44. The van der Waals surface area contributed by atoms with Crippen LogP contribution in [0.15, 0.2) is 22.7 Å². The summed E-state index contributed by atoms with van der Waals surface area (Å²) in [5, 5.41) is 3.88. The Morgan fingerprint density at radius 3 is 2.76 bits per heavy atom. The average Bonchev–Trinajstić information content (AvgIpc) is 2.51. The van der Waals surface area contributed by atoms with Crippen LogP contribution in [0.3, 0.4) is 0 Å². The van der Waals surface area contributed by atoms with Crippen molar-refractivity contribution >= 4 is 21.6 Å². The summed E-state index contributed by atoms with van der Waals surface area (Å²) >= 11 is 3.62. The van der Waals surface area contributed by atoms with Gasteiger partial charge in [-0.3, -0.25) is 0 Å². The zero-order chi connectivity index (χ0) is 14.9. The molecule has 1 atom stereocenters. The Morgan fingerprint density at radius 2 is 2.05 bits per heavy atom. The number of aryl methyl sites for hydroxylation is 1. The van der Waals surface area contributed by atoms with E-state index >= 15 is 0 Å². The fourth-order valence-electron chi connectivity index (χ4n) is 4.02. The second-order valence-electron chi connectivity index (χ2n) is 6.83. The molecule has 1 aliphatic heterocycles. The first kappa shape index (κ1) is 15.4. The van der Waals surface area contributed by atoms with Gasteiger partial charge in [0.2, 0.25) is 0 Å². The second kappa shape index (κ2) is 6.29. The molecule has 0 aromatic heterocycles. The highest BCUT2D eigenvalue weighted by Gasteiger charge is 2.39. The second-order valence-corrected chi connectivity index (χ2v) is 7.74. The van der Waals surface area contributed by atoms with Crippen LogP contribution in [-0.4, -0.2) is 24.7 Å². The van der Waals surface area contributed by atoms with Gasteiger partial charge in [0, 0.05) is 34.8 Å². The summed E-state index contributed by atoms with van der Waals surface area (Å²) in [6.45, 7) is 6.89. The highest BCUT2D eigenvalue weighted by molar-refractivity contribution is 9.10. The molecular formula is C18H27BrN2. The number of nitrogens with zero attached hydrogens (tertiary/aromatic N) is 1. The van der Waals surface area contributed by atoms with Gasteiger partial charge in [0.1, 0.15) is 0 Å². The monoisotopic (exact) mass is 350 g/mol.